The maximum atomic E-state index is 11.8. The van der Waals surface area contributed by atoms with Gasteiger partial charge in [-0.2, -0.15) is 0 Å². The van der Waals surface area contributed by atoms with Gasteiger partial charge in [0, 0.05) is 6.54 Å². The predicted octanol–water partition coefficient (Wildman–Crippen LogP) is 2.49. The van der Waals surface area contributed by atoms with Crippen LogP contribution in [0.15, 0.2) is 24.3 Å². The highest BCUT2D eigenvalue weighted by molar-refractivity contribution is 5.78. The summed E-state index contributed by atoms with van der Waals surface area (Å²) in [6.45, 7) is 6.22. The lowest BCUT2D eigenvalue weighted by atomic mass is 9.91. The molecule has 0 fully saturated rings. The fourth-order valence-electron chi connectivity index (χ4n) is 1.08. The number of carbonyl (C=O) groups excluding carboxylic acids is 1. The van der Waals surface area contributed by atoms with Crippen LogP contribution in [0.25, 0.3) is 0 Å². The lowest BCUT2D eigenvalue weighted by molar-refractivity contribution is -0.144. The third-order valence-corrected chi connectivity index (χ3v) is 2.81. The summed E-state index contributed by atoms with van der Waals surface area (Å²) in [5.74, 6) is 0.374. The van der Waals surface area contributed by atoms with Gasteiger partial charge < -0.3 is 10.5 Å². The van der Waals surface area contributed by atoms with Crippen LogP contribution >= 0.6 is 0 Å². The molecule has 0 unspecified atom stereocenters. The molecule has 3 heteroatoms. The summed E-state index contributed by atoms with van der Waals surface area (Å²) in [5.41, 5.74) is 6.07. The molecule has 2 N–H and O–H groups in total. The number of rotatable bonds is 4. The molecule has 0 aromatic heterocycles. The maximum Gasteiger partial charge on any atom is 0.316 e. The molecule has 0 saturated heterocycles. The zero-order valence-corrected chi connectivity index (χ0v) is 10.1. The Bertz CT molecular complexity index is 355. The van der Waals surface area contributed by atoms with Crippen molar-refractivity contribution in [1.82, 2.24) is 0 Å². The van der Waals surface area contributed by atoms with Gasteiger partial charge in [-0.1, -0.05) is 19.1 Å². The second kappa shape index (κ2) is 5.12. The maximum absolute atomic E-state index is 11.8. The lowest BCUT2D eigenvalue weighted by Crippen LogP contribution is -2.28. The van der Waals surface area contributed by atoms with Crippen LogP contribution in [-0.2, 0) is 11.3 Å². The quantitative estimate of drug-likeness (QED) is 0.627. The fourth-order valence-corrected chi connectivity index (χ4v) is 1.08. The first-order chi connectivity index (χ1) is 7.49. The Morgan fingerprint density at radius 2 is 1.88 bits per heavy atom. The number of esters is 1. The molecule has 16 heavy (non-hydrogen) atoms. The molecule has 1 aromatic carbocycles. The highest BCUT2D eigenvalue weighted by atomic mass is 16.5. The Morgan fingerprint density at radius 1 is 1.31 bits per heavy atom. The molecule has 0 amide bonds. The van der Waals surface area contributed by atoms with Crippen LogP contribution in [0.4, 0.5) is 0 Å². The van der Waals surface area contributed by atoms with E-state index in [0.29, 0.717) is 12.3 Å². The van der Waals surface area contributed by atoms with Crippen molar-refractivity contribution in [2.75, 3.05) is 0 Å². The molecule has 0 heterocycles. The van der Waals surface area contributed by atoms with Crippen molar-refractivity contribution in [3.8, 4) is 5.75 Å². The highest BCUT2D eigenvalue weighted by Crippen LogP contribution is 2.23. The summed E-state index contributed by atoms with van der Waals surface area (Å²) in [6.07, 6.45) is 0.757. The van der Waals surface area contributed by atoms with Gasteiger partial charge in [0.05, 0.1) is 5.41 Å². The first-order valence-corrected chi connectivity index (χ1v) is 5.51. The van der Waals surface area contributed by atoms with E-state index in [0.717, 1.165) is 12.0 Å². The summed E-state index contributed by atoms with van der Waals surface area (Å²) in [5, 5.41) is 0. The van der Waals surface area contributed by atoms with Gasteiger partial charge in [-0.15, -0.1) is 0 Å². The van der Waals surface area contributed by atoms with Gasteiger partial charge in [-0.3, -0.25) is 4.79 Å². The lowest BCUT2D eigenvalue weighted by Gasteiger charge is -2.20. The third-order valence-electron chi connectivity index (χ3n) is 2.81. The summed E-state index contributed by atoms with van der Waals surface area (Å²) in [7, 11) is 0. The van der Waals surface area contributed by atoms with Gasteiger partial charge in [-0.25, -0.2) is 0 Å². The molecule has 88 valence electrons. The number of nitrogens with two attached hydrogens (primary N) is 1. The third kappa shape index (κ3) is 3.07. The summed E-state index contributed by atoms with van der Waals surface area (Å²) in [4.78, 5) is 11.8. The standard InChI is InChI=1S/C13H19NO2/c1-4-13(2,3)12(15)16-11-7-5-10(9-14)6-8-11/h5-8H,4,9,14H2,1-3H3. The van der Waals surface area contributed by atoms with E-state index in [2.05, 4.69) is 0 Å². The number of carbonyl (C=O) groups is 1. The molecule has 0 aliphatic heterocycles. The van der Waals surface area contributed by atoms with E-state index in [1.165, 1.54) is 0 Å². The molecule has 0 saturated carbocycles. The summed E-state index contributed by atoms with van der Waals surface area (Å²) < 4.78 is 5.29. The first kappa shape index (κ1) is 12.7. The molecule has 0 spiro atoms. The van der Waals surface area contributed by atoms with Crippen molar-refractivity contribution in [3.63, 3.8) is 0 Å². The van der Waals surface area contributed by atoms with Crippen molar-refractivity contribution in [1.29, 1.82) is 0 Å². The Kier molecular flexibility index (Phi) is 4.07. The van der Waals surface area contributed by atoms with Crippen LogP contribution in [-0.4, -0.2) is 5.97 Å². The highest BCUT2D eigenvalue weighted by Gasteiger charge is 2.27. The zero-order chi connectivity index (χ0) is 12.2. The van der Waals surface area contributed by atoms with Crippen LogP contribution in [0.2, 0.25) is 0 Å². The summed E-state index contributed by atoms with van der Waals surface area (Å²) >= 11 is 0. The average molecular weight is 221 g/mol. The van der Waals surface area contributed by atoms with Crippen molar-refractivity contribution < 1.29 is 9.53 Å². The minimum atomic E-state index is -0.438. The average Bonchev–Trinajstić information content (AvgIpc) is 2.30. The minimum absolute atomic E-state index is 0.199. The van der Waals surface area contributed by atoms with E-state index >= 15 is 0 Å². The summed E-state index contributed by atoms with van der Waals surface area (Å²) in [6, 6.07) is 7.26. The molecular formula is C13H19NO2. The van der Waals surface area contributed by atoms with Gasteiger partial charge >= 0.3 is 5.97 Å². The Labute approximate surface area is 96.6 Å². The predicted molar refractivity (Wildman–Crippen MR) is 64.0 cm³/mol. The van der Waals surface area contributed by atoms with Crippen molar-refractivity contribution in [2.45, 2.75) is 33.7 Å². The molecule has 0 aliphatic rings. The van der Waals surface area contributed by atoms with E-state index in [-0.39, 0.29) is 5.97 Å². The second-order valence-corrected chi connectivity index (χ2v) is 4.48. The molecule has 0 bridgehead atoms. The molecular weight excluding hydrogens is 202 g/mol. The largest absolute Gasteiger partial charge is 0.426 e. The van der Waals surface area contributed by atoms with Gasteiger partial charge in [-0.05, 0) is 38.0 Å². The molecule has 0 radical (unpaired) electrons. The monoisotopic (exact) mass is 221 g/mol. The molecule has 0 atom stereocenters. The SMILES string of the molecule is CCC(C)(C)C(=O)Oc1ccc(CN)cc1. The van der Waals surface area contributed by atoms with Gasteiger partial charge in [0.2, 0.25) is 0 Å². The van der Waals surface area contributed by atoms with Crippen LogP contribution < -0.4 is 10.5 Å². The molecule has 1 aromatic rings. The normalized spacial score (nSPS) is 11.2. The first-order valence-electron chi connectivity index (χ1n) is 5.51. The van der Waals surface area contributed by atoms with Crippen LogP contribution in [0.5, 0.6) is 5.75 Å². The zero-order valence-electron chi connectivity index (χ0n) is 10.1. The number of ether oxygens (including phenoxy) is 1. The van der Waals surface area contributed by atoms with E-state index in [1.807, 2.05) is 32.9 Å². The topological polar surface area (TPSA) is 52.3 Å². The van der Waals surface area contributed by atoms with Crippen LogP contribution in [0.3, 0.4) is 0 Å². The van der Waals surface area contributed by atoms with E-state index < -0.39 is 5.41 Å². The van der Waals surface area contributed by atoms with Crippen molar-refractivity contribution in [3.05, 3.63) is 29.8 Å². The number of hydrogen-bond donors (Lipinski definition) is 1. The molecule has 3 nitrogen and oxygen atoms in total. The van der Waals surface area contributed by atoms with E-state index in [9.17, 15) is 4.79 Å². The van der Waals surface area contributed by atoms with Crippen molar-refractivity contribution in [2.24, 2.45) is 11.1 Å². The van der Waals surface area contributed by atoms with Gasteiger partial charge in [0.1, 0.15) is 5.75 Å². The van der Waals surface area contributed by atoms with Gasteiger partial charge in [0.15, 0.2) is 0 Å². The molecule has 1 rings (SSSR count). The fraction of sp³-hybridized carbons (Fsp3) is 0.462. The van der Waals surface area contributed by atoms with Crippen LogP contribution in [0, 0.1) is 5.41 Å². The van der Waals surface area contributed by atoms with E-state index in [1.54, 1.807) is 12.1 Å². The number of hydrogen-bond acceptors (Lipinski definition) is 3. The Morgan fingerprint density at radius 3 is 2.31 bits per heavy atom. The Balaban J connectivity index is 2.70. The van der Waals surface area contributed by atoms with Crippen molar-refractivity contribution >= 4 is 5.97 Å². The Hall–Kier alpha value is -1.35. The number of benzene rings is 1. The molecule has 0 aliphatic carbocycles. The second-order valence-electron chi connectivity index (χ2n) is 4.48. The minimum Gasteiger partial charge on any atom is -0.426 e. The smallest absolute Gasteiger partial charge is 0.316 e. The van der Waals surface area contributed by atoms with Crippen LogP contribution in [0.1, 0.15) is 32.8 Å². The van der Waals surface area contributed by atoms with Gasteiger partial charge in [0.25, 0.3) is 0 Å². The van der Waals surface area contributed by atoms with E-state index in [4.69, 9.17) is 10.5 Å².